The van der Waals surface area contributed by atoms with Crippen molar-refractivity contribution in [2.45, 2.75) is 38.9 Å². The van der Waals surface area contributed by atoms with Gasteiger partial charge in [0.05, 0.1) is 19.3 Å². The summed E-state index contributed by atoms with van der Waals surface area (Å²) in [5, 5.41) is 0. The topological polar surface area (TPSA) is 78.9 Å². The SMILES string of the molecule is COc1ccc2c(c1)N(CC(C)C)CCC21C(=O)N(Cc2ccccn2)C(=O)N1Cc1ccncc1. The van der Waals surface area contributed by atoms with Crippen molar-refractivity contribution in [3.8, 4) is 5.75 Å². The molecule has 5 rings (SSSR count). The molecule has 0 saturated carbocycles. The summed E-state index contributed by atoms with van der Waals surface area (Å²) in [6.45, 7) is 6.30. The predicted molar refractivity (Wildman–Crippen MR) is 136 cm³/mol. The Balaban J connectivity index is 1.64. The average molecular weight is 486 g/mol. The van der Waals surface area contributed by atoms with E-state index in [-0.39, 0.29) is 18.5 Å². The molecular weight excluding hydrogens is 454 g/mol. The van der Waals surface area contributed by atoms with Crippen LogP contribution in [0, 0.1) is 5.92 Å². The highest BCUT2D eigenvalue weighted by molar-refractivity contribution is 6.08. The van der Waals surface area contributed by atoms with Gasteiger partial charge in [0.1, 0.15) is 5.75 Å². The number of methoxy groups -OCH3 is 1. The van der Waals surface area contributed by atoms with Crippen LogP contribution in [0.5, 0.6) is 5.75 Å². The van der Waals surface area contributed by atoms with Crippen LogP contribution >= 0.6 is 0 Å². The lowest BCUT2D eigenvalue weighted by molar-refractivity contribution is -0.134. The van der Waals surface area contributed by atoms with Gasteiger partial charge in [-0.3, -0.25) is 19.7 Å². The highest BCUT2D eigenvalue weighted by Crippen LogP contribution is 2.49. The lowest BCUT2D eigenvalue weighted by Gasteiger charge is -2.45. The van der Waals surface area contributed by atoms with Crippen LogP contribution in [-0.4, -0.2) is 51.9 Å². The molecule has 0 aliphatic carbocycles. The highest BCUT2D eigenvalue weighted by atomic mass is 16.5. The Morgan fingerprint density at radius 2 is 1.83 bits per heavy atom. The van der Waals surface area contributed by atoms with Gasteiger partial charge in [0, 0.05) is 62.0 Å². The molecule has 1 spiro atoms. The van der Waals surface area contributed by atoms with Crippen LogP contribution in [0.4, 0.5) is 10.5 Å². The largest absolute Gasteiger partial charge is 0.497 e. The molecule has 2 aliphatic rings. The van der Waals surface area contributed by atoms with Crippen molar-refractivity contribution in [1.29, 1.82) is 0 Å². The Morgan fingerprint density at radius 1 is 1.03 bits per heavy atom. The van der Waals surface area contributed by atoms with Crippen molar-refractivity contribution >= 4 is 17.6 Å². The van der Waals surface area contributed by atoms with E-state index in [9.17, 15) is 9.59 Å². The number of carbonyl (C=O) groups is 2. The molecule has 3 amide bonds. The van der Waals surface area contributed by atoms with Crippen LogP contribution in [0.25, 0.3) is 0 Å². The van der Waals surface area contributed by atoms with E-state index in [4.69, 9.17) is 4.74 Å². The third-order valence-corrected chi connectivity index (χ3v) is 6.98. The van der Waals surface area contributed by atoms with Crippen molar-refractivity contribution < 1.29 is 14.3 Å². The van der Waals surface area contributed by atoms with Gasteiger partial charge in [0.15, 0.2) is 5.54 Å². The van der Waals surface area contributed by atoms with Crippen molar-refractivity contribution in [1.82, 2.24) is 19.8 Å². The Bertz CT molecular complexity index is 1250. The molecule has 1 aromatic carbocycles. The molecule has 186 valence electrons. The molecule has 1 atom stereocenters. The third kappa shape index (κ3) is 4.06. The second-order valence-corrected chi connectivity index (χ2v) is 9.77. The van der Waals surface area contributed by atoms with Gasteiger partial charge in [-0.1, -0.05) is 26.0 Å². The zero-order valence-electron chi connectivity index (χ0n) is 20.9. The first kappa shape index (κ1) is 23.8. The monoisotopic (exact) mass is 485 g/mol. The van der Waals surface area contributed by atoms with Gasteiger partial charge in [-0.2, -0.15) is 0 Å². The minimum atomic E-state index is -1.11. The fourth-order valence-corrected chi connectivity index (χ4v) is 5.34. The number of aromatic nitrogens is 2. The average Bonchev–Trinajstić information content (AvgIpc) is 3.08. The van der Waals surface area contributed by atoms with Gasteiger partial charge >= 0.3 is 6.03 Å². The van der Waals surface area contributed by atoms with Crippen molar-refractivity contribution in [2.24, 2.45) is 5.92 Å². The summed E-state index contributed by atoms with van der Waals surface area (Å²) in [5.74, 6) is 0.956. The number of hydrogen-bond acceptors (Lipinski definition) is 6. The number of imide groups is 1. The zero-order chi connectivity index (χ0) is 25.3. The number of anilines is 1. The van der Waals surface area contributed by atoms with Crippen LogP contribution in [-0.2, 0) is 23.4 Å². The molecule has 2 aromatic heterocycles. The standard InChI is InChI=1S/C28H31N5O3/c1-20(2)17-31-15-11-28(24-8-7-23(36-3)16-25(24)31)26(34)32(19-22-6-4-5-12-30-22)27(35)33(28)18-21-9-13-29-14-10-21/h4-10,12-14,16,20H,11,15,17-19H2,1-3H3. The number of benzene rings is 1. The lowest BCUT2D eigenvalue weighted by Crippen LogP contribution is -2.53. The van der Waals surface area contributed by atoms with E-state index in [1.54, 1.807) is 30.6 Å². The molecule has 1 unspecified atom stereocenters. The predicted octanol–water partition coefficient (Wildman–Crippen LogP) is 4.21. The van der Waals surface area contributed by atoms with Crippen LogP contribution in [0.3, 0.4) is 0 Å². The Labute approximate surface area is 211 Å². The van der Waals surface area contributed by atoms with Crippen molar-refractivity contribution in [2.75, 3.05) is 25.1 Å². The Morgan fingerprint density at radius 3 is 2.53 bits per heavy atom. The lowest BCUT2D eigenvalue weighted by atomic mass is 9.80. The van der Waals surface area contributed by atoms with E-state index in [0.29, 0.717) is 31.1 Å². The minimum Gasteiger partial charge on any atom is -0.497 e. The second-order valence-electron chi connectivity index (χ2n) is 9.77. The third-order valence-electron chi connectivity index (χ3n) is 6.98. The molecule has 0 N–H and O–H groups in total. The van der Waals surface area contributed by atoms with E-state index in [1.165, 1.54) is 4.90 Å². The molecule has 0 bridgehead atoms. The van der Waals surface area contributed by atoms with E-state index >= 15 is 0 Å². The molecule has 8 nitrogen and oxygen atoms in total. The smallest absolute Gasteiger partial charge is 0.328 e. The second kappa shape index (κ2) is 9.60. The first-order chi connectivity index (χ1) is 17.4. The number of hydrogen-bond donors (Lipinski definition) is 0. The summed E-state index contributed by atoms with van der Waals surface area (Å²) in [5.41, 5.74) is 2.27. The summed E-state index contributed by atoms with van der Waals surface area (Å²) in [4.78, 5) is 42.1. The summed E-state index contributed by atoms with van der Waals surface area (Å²) in [7, 11) is 1.64. The number of fused-ring (bicyclic) bond motifs is 2. The number of carbonyl (C=O) groups excluding carboxylic acids is 2. The number of ether oxygens (including phenoxy) is 1. The maximum atomic E-state index is 14.3. The van der Waals surface area contributed by atoms with Crippen LogP contribution < -0.4 is 9.64 Å². The molecule has 1 fully saturated rings. The highest BCUT2D eigenvalue weighted by Gasteiger charge is 2.60. The van der Waals surface area contributed by atoms with Gasteiger partial charge in [0.25, 0.3) is 5.91 Å². The van der Waals surface area contributed by atoms with Crippen molar-refractivity contribution in [3.05, 3.63) is 83.9 Å². The first-order valence-corrected chi connectivity index (χ1v) is 12.3. The number of urea groups is 1. The number of nitrogens with zero attached hydrogens (tertiary/aromatic N) is 5. The molecule has 36 heavy (non-hydrogen) atoms. The van der Waals surface area contributed by atoms with Gasteiger partial charge in [-0.25, -0.2) is 4.79 Å². The van der Waals surface area contributed by atoms with Gasteiger partial charge < -0.3 is 14.5 Å². The van der Waals surface area contributed by atoms with E-state index < -0.39 is 5.54 Å². The zero-order valence-corrected chi connectivity index (χ0v) is 20.9. The summed E-state index contributed by atoms with van der Waals surface area (Å²) < 4.78 is 5.54. The van der Waals surface area contributed by atoms with Crippen LogP contribution in [0.1, 0.15) is 37.1 Å². The van der Waals surface area contributed by atoms with Gasteiger partial charge in [-0.15, -0.1) is 0 Å². The van der Waals surface area contributed by atoms with E-state index in [1.807, 2.05) is 48.5 Å². The van der Waals surface area contributed by atoms with Crippen LogP contribution in [0.15, 0.2) is 67.1 Å². The maximum Gasteiger partial charge on any atom is 0.328 e. The molecule has 8 heteroatoms. The van der Waals surface area contributed by atoms with Crippen LogP contribution in [0.2, 0.25) is 0 Å². The molecule has 0 radical (unpaired) electrons. The summed E-state index contributed by atoms with van der Waals surface area (Å²) in [6, 6.07) is 14.8. The molecule has 3 aromatic rings. The summed E-state index contributed by atoms with van der Waals surface area (Å²) >= 11 is 0. The van der Waals surface area contributed by atoms with E-state index in [0.717, 1.165) is 29.1 Å². The normalized spacial score (nSPS) is 19.4. The number of pyridine rings is 2. The maximum absolute atomic E-state index is 14.3. The van der Waals surface area contributed by atoms with Gasteiger partial charge in [-0.05, 0) is 41.8 Å². The quantitative estimate of drug-likeness (QED) is 0.467. The van der Waals surface area contributed by atoms with Gasteiger partial charge in [0.2, 0.25) is 0 Å². The molecule has 1 saturated heterocycles. The van der Waals surface area contributed by atoms with Crippen molar-refractivity contribution in [3.63, 3.8) is 0 Å². The Kier molecular flexibility index (Phi) is 6.35. The first-order valence-electron chi connectivity index (χ1n) is 12.3. The Hall–Kier alpha value is -3.94. The molecule has 4 heterocycles. The summed E-state index contributed by atoms with van der Waals surface area (Å²) in [6.07, 6.45) is 5.60. The fraction of sp³-hybridized carbons (Fsp3) is 0.357. The molecular formula is C28H31N5O3. The molecule has 2 aliphatic heterocycles. The minimum absolute atomic E-state index is 0.133. The van der Waals surface area contributed by atoms with E-state index in [2.05, 4.69) is 28.7 Å². The number of rotatable bonds is 7. The fourth-order valence-electron chi connectivity index (χ4n) is 5.34. The number of amides is 3.